The molecule has 0 aromatic heterocycles. The standard InChI is InChI=1S/C23H23O2S2/c1-14-6-8-19(9-7-14)26-20-10-15(2)17(4)12-22(20)27(24,25)23-13-18(5)16(3)11-21(23)26/h6-13H,1-5H3/q+1. The van der Waals surface area contributed by atoms with E-state index in [1.54, 1.807) is 0 Å². The summed E-state index contributed by atoms with van der Waals surface area (Å²) >= 11 is 0. The first-order chi connectivity index (χ1) is 12.7. The van der Waals surface area contributed by atoms with Gasteiger partial charge in [0.2, 0.25) is 9.84 Å². The number of hydrogen-bond acceptors (Lipinski definition) is 2. The molecule has 4 heteroatoms. The number of fused-ring (bicyclic) bond motifs is 2. The number of benzene rings is 3. The monoisotopic (exact) mass is 395 g/mol. The van der Waals surface area contributed by atoms with Crippen molar-refractivity contribution in [3.63, 3.8) is 0 Å². The highest BCUT2D eigenvalue weighted by Gasteiger charge is 2.45. The molecule has 4 rings (SSSR count). The van der Waals surface area contributed by atoms with Gasteiger partial charge in [0.25, 0.3) is 0 Å². The van der Waals surface area contributed by atoms with Crippen molar-refractivity contribution in [1.82, 2.24) is 0 Å². The van der Waals surface area contributed by atoms with Crippen LogP contribution in [-0.2, 0) is 20.7 Å². The molecule has 1 aliphatic heterocycles. The highest BCUT2D eigenvalue weighted by atomic mass is 32.2. The van der Waals surface area contributed by atoms with E-state index in [1.165, 1.54) is 5.56 Å². The van der Waals surface area contributed by atoms with Gasteiger partial charge in [-0.25, -0.2) is 8.42 Å². The zero-order chi connectivity index (χ0) is 19.5. The lowest BCUT2D eigenvalue weighted by molar-refractivity contribution is 0.590. The molecule has 0 atom stereocenters. The van der Waals surface area contributed by atoms with Crippen LogP contribution < -0.4 is 0 Å². The molecule has 0 spiro atoms. The van der Waals surface area contributed by atoms with Gasteiger partial charge in [-0.2, -0.15) is 0 Å². The molecule has 1 heterocycles. The summed E-state index contributed by atoms with van der Waals surface area (Å²) in [4.78, 5) is 3.91. The van der Waals surface area contributed by atoms with Crippen LogP contribution in [0.5, 0.6) is 0 Å². The summed E-state index contributed by atoms with van der Waals surface area (Å²) in [5.41, 5.74) is 5.48. The van der Waals surface area contributed by atoms with Crippen LogP contribution in [0.1, 0.15) is 27.8 Å². The molecule has 1 aliphatic rings. The minimum atomic E-state index is -3.52. The third-order valence-electron chi connectivity index (χ3n) is 5.40. The van der Waals surface area contributed by atoms with Crippen molar-refractivity contribution < 1.29 is 8.42 Å². The van der Waals surface area contributed by atoms with Gasteiger partial charge in [0, 0.05) is 0 Å². The van der Waals surface area contributed by atoms with Crippen molar-refractivity contribution in [2.24, 2.45) is 0 Å². The van der Waals surface area contributed by atoms with Crippen molar-refractivity contribution in [2.45, 2.75) is 59.1 Å². The first kappa shape index (κ1) is 18.3. The van der Waals surface area contributed by atoms with E-state index in [9.17, 15) is 8.42 Å². The maximum Gasteiger partial charge on any atom is 0.216 e. The second kappa shape index (κ2) is 6.25. The van der Waals surface area contributed by atoms with Crippen LogP contribution in [0.25, 0.3) is 0 Å². The van der Waals surface area contributed by atoms with Gasteiger partial charge < -0.3 is 0 Å². The van der Waals surface area contributed by atoms with Crippen molar-refractivity contribution in [1.29, 1.82) is 0 Å². The van der Waals surface area contributed by atoms with Gasteiger partial charge in [-0.1, -0.05) is 17.7 Å². The maximum atomic E-state index is 13.5. The summed E-state index contributed by atoms with van der Waals surface area (Å²) in [6.07, 6.45) is 0. The second-order valence-electron chi connectivity index (χ2n) is 7.39. The van der Waals surface area contributed by atoms with Gasteiger partial charge >= 0.3 is 0 Å². The molecule has 0 saturated heterocycles. The molecule has 0 bridgehead atoms. The Bertz CT molecular complexity index is 1110. The Balaban J connectivity index is 2.12. The third-order valence-corrected chi connectivity index (χ3v) is 9.79. The first-order valence-electron chi connectivity index (χ1n) is 8.98. The number of rotatable bonds is 1. The SMILES string of the molecule is Cc1ccc([S+]2c3cc(C)c(C)cc3S(=O)(=O)c3cc(C)c(C)cc32)cc1. The van der Waals surface area contributed by atoms with Crippen LogP contribution in [0, 0.1) is 34.6 Å². The number of hydrogen-bond donors (Lipinski definition) is 0. The normalized spacial score (nSPS) is 15.3. The van der Waals surface area contributed by atoms with E-state index in [0.717, 1.165) is 36.9 Å². The molecule has 27 heavy (non-hydrogen) atoms. The Hall–Kier alpha value is -2.04. The molecule has 0 amide bonds. The molecule has 0 radical (unpaired) electrons. The lowest BCUT2D eigenvalue weighted by atomic mass is 10.1. The van der Waals surface area contributed by atoms with Gasteiger partial charge in [-0.15, -0.1) is 0 Å². The molecule has 3 aromatic rings. The summed E-state index contributed by atoms with van der Waals surface area (Å²) in [5, 5.41) is 0. The van der Waals surface area contributed by atoms with E-state index >= 15 is 0 Å². The van der Waals surface area contributed by atoms with E-state index < -0.39 is 20.7 Å². The predicted molar refractivity (Wildman–Crippen MR) is 111 cm³/mol. The predicted octanol–water partition coefficient (Wildman–Crippen LogP) is 5.47. The van der Waals surface area contributed by atoms with Gasteiger partial charge in [-0.3, -0.25) is 0 Å². The van der Waals surface area contributed by atoms with Crippen molar-refractivity contribution in [2.75, 3.05) is 0 Å². The van der Waals surface area contributed by atoms with Gasteiger partial charge in [0.1, 0.15) is 20.7 Å². The van der Waals surface area contributed by atoms with E-state index in [2.05, 4.69) is 57.2 Å². The lowest BCUT2D eigenvalue weighted by Crippen LogP contribution is -2.21. The summed E-state index contributed by atoms with van der Waals surface area (Å²) in [6.45, 7) is 10.1. The van der Waals surface area contributed by atoms with Crippen LogP contribution in [0.4, 0.5) is 0 Å². The van der Waals surface area contributed by atoms with Crippen molar-refractivity contribution in [3.8, 4) is 0 Å². The quantitative estimate of drug-likeness (QED) is 0.401. The Morgan fingerprint density at radius 1 is 0.630 bits per heavy atom. The zero-order valence-corrected chi connectivity index (χ0v) is 17.9. The summed E-state index contributed by atoms with van der Waals surface area (Å²) < 4.78 is 26.9. The van der Waals surface area contributed by atoms with E-state index in [1.807, 2.05) is 26.0 Å². The average molecular weight is 396 g/mol. The minimum Gasteiger partial charge on any atom is -0.218 e. The molecule has 138 valence electrons. The summed E-state index contributed by atoms with van der Waals surface area (Å²) in [7, 11) is -3.95. The molecule has 0 unspecified atom stereocenters. The summed E-state index contributed by atoms with van der Waals surface area (Å²) in [6, 6.07) is 16.3. The fourth-order valence-corrected chi connectivity index (χ4v) is 8.40. The lowest BCUT2D eigenvalue weighted by Gasteiger charge is -2.22. The van der Waals surface area contributed by atoms with Gasteiger partial charge in [-0.05, 0) is 93.3 Å². The third kappa shape index (κ3) is 2.82. The number of sulfone groups is 1. The Labute approximate surface area is 164 Å². The highest BCUT2D eigenvalue weighted by Crippen LogP contribution is 2.46. The topological polar surface area (TPSA) is 34.1 Å². The second-order valence-corrected chi connectivity index (χ2v) is 11.2. The zero-order valence-electron chi connectivity index (χ0n) is 16.3. The Kier molecular flexibility index (Phi) is 4.24. The van der Waals surface area contributed by atoms with Gasteiger partial charge in [0.15, 0.2) is 14.7 Å². The first-order valence-corrected chi connectivity index (χ1v) is 11.7. The number of aryl methyl sites for hydroxylation is 5. The van der Waals surface area contributed by atoms with Crippen LogP contribution in [0.3, 0.4) is 0 Å². The molecule has 0 fully saturated rings. The minimum absolute atomic E-state index is 0.429. The Morgan fingerprint density at radius 3 is 1.48 bits per heavy atom. The van der Waals surface area contributed by atoms with E-state index in [0.29, 0.717) is 9.79 Å². The molecular formula is C23H23O2S2+. The maximum absolute atomic E-state index is 13.5. The van der Waals surface area contributed by atoms with Crippen molar-refractivity contribution >= 4 is 20.7 Å². The van der Waals surface area contributed by atoms with Crippen LogP contribution in [0.2, 0.25) is 0 Å². The smallest absolute Gasteiger partial charge is 0.216 e. The summed E-state index contributed by atoms with van der Waals surface area (Å²) in [5.74, 6) is 0. The molecule has 3 aromatic carbocycles. The van der Waals surface area contributed by atoms with Gasteiger partial charge in [0.05, 0.1) is 0 Å². The Morgan fingerprint density at radius 2 is 1.04 bits per heavy atom. The van der Waals surface area contributed by atoms with E-state index in [-0.39, 0.29) is 0 Å². The van der Waals surface area contributed by atoms with Crippen LogP contribution in [-0.4, -0.2) is 8.42 Å². The molecular weight excluding hydrogens is 372 g/mol. The molecule has 0 N–H and O–H groups in total. The van der Waals surface area contributed by atoms with Crippen molar-refractivity contribution in [3.05, 3.63) is 76.3 Å². The van der Waals surface area contributed by atoms with Crippen LogP contribution in [0.15, 0.2) is 73.0 Å². The molecule has 0 saturated carbocycles. The fraction of sp³-hybridized carbons (Fsp3) is 0.217. The molecule has 0 aliphatic carbocycles. The highest BCUT2D eigenvalue weighted by molar-refractivity contribution is 8.00. The largest absolute Gasteiger partial charge is 0.218 e. The average Bonchev–Trinajstić information content (AvgIpc) is 2.61. The fourth-order valence-electron chi connectivity index (χ4n) is 3.43. The molecule has 2 nitrogen and oxygen atoms in total. The van der Waals surface area contributed by atoms with E-state index in [4.69, 9.17) is 0 Å². The van der Waals surface area contributed by atoms with Crippen LogP contribution >= 0.6 is 0 Å².